The van der Waals surface area contributed by atoms with Gasteiger partial charge in [0.15, 0.2) is 0 Å². The van der Waals surface area contributed by atoms with Crippen LogP contribution >= 0.6 is 0 Å². The molecule has 0 bridgehead atoms. The average molecular weight is 347 g/mol. The third-order valence-corrected chi connectivity index (χ3v) is 5.43. The normalized spacial score (nSPS) is 11.9. The van der Waals surface area contributed by atoms with E-state index in [0.29, 0.717) is 0 Å². The Morgan fingerprint density at radius 2 is 1.37 bits per heavy atom. The topological polar surface area (TPSA) is 18.1 Å². The molecule has 0 saturated heterocycles. The van der Waals surface area contributed by atoms with Crippen molar-refractivity contribution in [2.45, 2.75) is 6.92 Å². The Bertz CT molecular complexity index is 1470. The summed E-state index contributed by atoms with van der Waals surface area (Å²) >= 11 is 0. The van der Waals surface area contributed by atoms with Gasteiger partial charge in [0.1, 0.15) is 11.2 Å². The molecule has 6 aromatic rings. The quantitative estimate of drug-likeness (QED) is 0.313. The van der Waals surface area contributed by atoms with Crippen molar-refractivity contribution in [1.82, 2.24) is 4.57 Å². The van der Waals surface area contributed by atoms with Crippen LogP contribution in [0, 0.1) is 6.92 Å². The van der Waals surface area contributed by atoms with Crippen molar-refractivity contribution in [2.24, 2.45) is 0 Å². The summed E-state index contributed by atoms with van der Waals surface area (Å²) in [5.41, 5.74) is 6.73. The Balaban J connectivity index is 1.84. The number of nitrogens with zero attached hydrogens (tertiary/aromatic N) is 1. The zero-order chi connectivity index (χ0) is 18.0. The van der Waals surface area contributed by atoms with Crippen molar-refractivity contribution in [1.29, 1.82) is 0 Å². The predicted molar refractivity (Wildman–Crippen MR) is 113 cm³/mol. The second-order valence-electron chi connectivity index (χ2n) is 7.16. The molecule has 0 saturated carbocycles. The van der Waals surface area contributed by atoms with Gasteiger partial charge in [-0.3, -0.25) is 0 Å². The van der Waals surface area contributed by atoms with Gasteiger partial charge in [-0.2, -0.15) is 0 Å². The molecule has 0 aliphatic carbocycles. The molecule has 0 fully saturated rings. The molecular formula is C25H17NO. The number of fused-ring (bicyclic) bond motifs is 6. The van der Waals surface area contributed by atoms with Crippen LogP contribution in [0.4, 0.5) is 0 Å². The highest BCUT2D eigenvalue weighted by atomic mass is 16.3. The Kier molecular flexibility index (Phi) is 2.84. The number of aromatic nitrogens is 1. The van der Waals surface area contributed by atoms with Crippen molar-refractivity contribution >= 4 is 43.7 Å². The van der Waals surface area contributed by atoms with Crippen molar-refractivity contribution in [3.8, 4) is 5.69 Å². The van der Waals surface area contributed by atoms with Crippen LogP contribution < -0.4 is 0 Å². The van der Waals surface area contributed by atoms with Gasteiger partial charge < -0.3 is 8.98 Å². The third kappa shape index (κ3) is 2.01. The summed E-state index contributed by atoms with van der Waals surface area (Å²) in [5.74, 6) is 0. The molecule has 2 heterocycles. The molecule has 2 heteroatoms. The summed E-state index contributed by atoms with van der Waals surface area (Å²) in [6, 6.07) is 30.0. The molecular weight excluding hydrogens is 330 g/mol. The molecule has 0 atom stereocenters. The van der Waals surface area contributed by atoms with Gasteiger partial charge in [0, 0.05) is 27.2 Å². The number of aryl methyl sites for hydroxylation is 1. The van der Waals surface area contributed by atoms with Crippen LogP contribution in [0.15, 0.2) is 89.3 Å². The van der Waals surface area contributed by atoms with Gasteiger partial charge in [0.25, 0.3) is 0 Å². The summed E-state index contributed by atoms with van der Waals surface area (Å²) in [7, 11) is 0. The Morgan fingerprint density at radius 3 is 2.26 bits per heavy atom. The summed E-state index contributed by atoms with van der Waals surface area (Å²) < 4.78 is 8.52. The lowest BCUT2D eigenvalue weighted by Crippen LogP contribution is -1.92. The number of hydrogen-bond acceptors (Lipinski definition) is 1. The monoisotopic (exact) mass is 347 g/mol. The predicted octanol–water partition coefficient (Wildman–Crippen LogP) is 6.99. The molecule has 0 unspecified atom stereocenters. The summed E-state index contributed by atoms with van der Waals surface area (Å²) in [6.45, 7) is 2.12. The van der Waals surface area contributed by atoms with Gasteiger partial charge in [-0.1, -0.05) is 48.0 Å². The van der Waals surface area contributed by atoms with E-state index in [4.69, 9.17) is 4.42 Å². The van der Waals surface area contributed by atoms with E-state index in [-0.39, 0.29) is 0 Å². The lowest BCUT2D eigenvalue weighted by atomic mass is 10.1. The summed E-state index contributed by atoms with van der Waals surface area (Å²) in [4.78, 5) is 0. The van der Waals surface area contributed by atoms with Crippen molar-refractivity contribution in [3.05, 3.63) is 90.5 Å². The Labute approximate surface area is 156 Å². The minimum Gasteiger partial charge on any atom is -0.456 e. The first-order chi connectivity index (χ1) is 13.3. The molecule has 0 radical (unpaired) electrons. The van der Waals surface area contributed by atoms with Gasteiger partial charge >= 0.3 is 0 Å². The van der Waals surface area contributed by atoms with E-state index in [2.05, 4.69) is 96.4 Å². The molecule has 2 aromatic heterocycles. The maximum absolute atomic E-state index is 6.17. The fraction of sp³-hybridized carbons (Fsp3) is 0.0400. The first-order valence-corrected chi connectivity index (χ1v) is 9.21. The van der Waals surface area contributed by atoms with Gasteiger partial charge in [-0.15, -0.1) is 0 Å². The molecule has 0 aliphatic heterocycles. The fourth-order valence-corrected chi connectivity index (χ4v) is 4.21. The van der Waals surface area contributed by atoms with Gasteiger partial charge in [-0.05, 0) is 49.4 Å². The zero-order valence-corrected chi connectivity index (χ0v) is 14.9. The maximum Gasteiger partial charge on any atom is 0.136 e. The highest BCUT2D eigenvalue weighted by Crippen LogP contribution is 2.38. The van der Waals surface area contributed by atoms with Crippen molar-refractivity contribution in [2.75, 3.05) is 0 Å². The number of furan rings is 1. The largest absolute Gasteiger partial charge is 0.456 e. The molecule has 0 spiro atoms. The van der Waals surface area contributed by atoms with E-state index < -0.39 is 0 Å². The van der Waals surface area contributed by atoms with E-state index >= 15 is 0 Å². The summed E-state index contributed by atoms with van der Waals surface area (Å²) in [6.07, 6.45) is 0. The van der Waals surface area contributed by atoms with E-state index in [1.54, 1.807) is 0 Å². The molecule has 0 amide bonds. The molecule has 4 aromatic carbocycles. The number of rotatable bonds is 1. The third-order valence-electron chi connectivity index (χ3n) is 5.43. The van der Waals surface area contributed by atoms with Crippen molar-refractivity contribution < 1.29 is 4.42 Å². The van der Waals surface area contributed by atoms with Gasteiger partial charge in [-0.25, -0.2) is 0 Å². The van der Waals surface area contributed by atoms with Crippen LogP contribution in [0.2, 0.25) is 0 Å². The molecule has 0 aliphatic rings. The molecule has 27 heavy (non-hydrogen) atoms. The lowest BCUT2D eigenvalue weighted by Gasteiger charge is -2.07. The fourth-order valence-electron chi connectivity index (χ4n) is 4.21. The lowest BCUT2D eigenvalue weighted by molar-refractivity contribution is 0.669. The highest BCUT2D eigenvalue weighted by Gasteiger charge is 2.15. The highest BCUT2D eigenvalue weighted by molar-refractivity contribution is 6.17. The van der Waals surface area contributed by atoms with Crippen LogP contribution in [0.1, 0.15) is 5.56 Å². The molecule has 2 nitrogen and oxygen atoms in total. The SMILES string of the molecule is Cc1ccc2oc3cc4c5ccccc5n(-c5ccccc5)c4cc3c2c1. The minimum absolute atomic E-state index is 0.943. The van der Waals surface area contributed by atoms with Gasteiger partial charge in [0.2, 0.25) is 0 Å². The van der Waals surface area contributed by atoms with Crippen LogP contribution in [-0.4, -0.2) is 4.57 Å². The molecule has 128 valence electrons. The number of benzene rings is 4. The second-order valence-corrected chi connectivity index (χ2v) is 7.16. The zero-order valence-electron chi connectivity index (χ0n) is 14.9. The average Bonchev–Trinajstić information content (AvgIpc) is 3.22. The Morgan fingerprint density at radius 1 is 0.593 bits per heavy atom. The summed E-state index contributed by atoms with van der Waals surface area (Å²) in [5, 5.41) is 4.81. The van der Waals surface area contributed by atoms with E-state index in [0.717, 1.165) is 11.2 Å². The van der Waals surface area contributed by atoms with Crippen LogP contribution in [0.5, 0.6) is 0 Å². The standard InChI is InChI=1S/C25H17NO/c1-16-11-12-24-20(13-16)21-14-23-19(15-25(21)27-24)18-9-5-6-10-22(18)26(23)17-7-3-2-4-8-17/h2-15H,1H3. The van der Waals surface area contributed by atoms with E-state index in [1.165, 1.54) is 43.8 Å². The Hall–Kier alpha value is -3.52. The van der Waals surface area contributed by atoms with E-state index in [9.17, 15) is 0 Å². The first-order valence-electron chi connectivity index (χ1n) is 9.21. The van der Waals surface area contributed by atoms with Crippen LogP contribution in [0.25, 0.3) is 49.4 Å². The molecule has 6 rings (SSSR count). The van der Waals surface area contributed by atoms with Crippen LogP contribution in [-0.2, 0) is 0 Å². The van der Waals surface area contributed by atoms with Gasteiger partial charge in [0.05, 0.1) is 11.0 Å². The van der Waals surface area contributed by atoms with E-state index in [1.807, 2.05) is 0 Å². The number of para-hydroxylation sites is 2. The smallest absolute Gasteiger partial charge is 0.136 e. The first kappa shape index (κ1) is 14.6. The van der Waals surface area contributed by atoms with Crippen molar-refractivity contribution in [3.63, 3.8) is 0 Å². The number of hydrogen-bond donors (Lipinski definition) is 0. The molecule has 0 N–H and O–H groups in total. The minimum atomic E-state index is 0.943. The van der Waals surface area contributed by atoms with Crippen LogP contribution in [0.3, 0.4) is 0 Å². The maximum atomic E-state index is 6.17. The second kappa shape index (κ2) is 5.24.